The van der Waals surface area contributed by atoms with E-state index in [0.717, 1.165) is 31.6 Å². The van der Waals surface area contributed by atoms with Crippen LogP contribution in [-0.4, -0.2) is 32.3 Å². The maximum absolute atomic E-state index is 11.7. The highest BCUT2D eigenvalue weighted by Crippen LogP contribution is 2.17. The first-order valence-electron chi connectivity index (χ1n) is 7.05. The average molecular weight is 278 g/mol. The second-order valence-electron chi connectivity index (χ2n) is 4.97. The summed E-state index contributed by atoms with van der Waals surface area (Å²) in [5.41, 5.74) is 6.52. The zero-order valence-corrected chi connectivity index (χ0v) is 11.6. The highest BCUT2D eigenvalue weighted by Gasteiger charge is 2.15. The van der Waals surface area contributed by atoms with Crippen molar-refractivity contribution in [2.75, 3.05) is 26.4 Å². The molecule has 20 heavy (non-hydrogen) atoms. The molecule has 1 aromatic rings. The van der Waals surface area contributed by atoms with Crippen molar-refractivity contribution in [1.29, 1.82) is 0 Å². The quantitative estimate of drug-likeness (QED) is 0.782. The first-order valence-corrected chi connectivity index (χ1v) is 7.05. The maximum atomic E-state index is 11.7. The molecule has 5 nitrogen and oxygen atoms in total. The van der Waals surface area contributed by atoms with Crippen LogP contribution in [0.1, 0.15) is 18.4 Å². The molecular weight excluding hydrogens is 256 g/mol. The lowest BCUT2D eigenvalue weighted by Crippen LogP contribution is -2.30. The van der Waals surface area contributed by atoms with Gasteiger partial charge >= 0.3 is 0 Å². The number of amides is 1. The molecule has 3 N–H and O–H groups in total. The summed E-state index contributed by atoms with van der Waals surface area (Å²) in [6.07, 6.45) is 2.06. The Morgan fingerprint density at radius 1 is 1.45 bits per heavy atom. The standard InChI is InChI=1S/C15H22N2O3/c16-9-13-3-1-2-4-14(13)20-11-15(18)17-7-5-12-6-8-19-10-12/h1-4,12H,5-11,16H2,(H,17,18). The number of para-hydroxylation sites is 1. The van der Waals surface area contributed by atoms with E-state index in [1.807, 2.05) is 24.3 Å². The van der Waals surface area contributed by atoms with Crippen molar-refractivity contribution in [2.45, 2.75) is 19.4 Å². The molecule has 5 heteroatoms. The molecule has 1 unspecified atom stereocenters. The summed E-state index contributed by atoms with van der Waals surface area (Å²) in [5.74, 6) is 1.15. The largest absolute Gasteiger partial charge is 0.483 e. The Balaban J connectivity index is 1.66. The van der Waals surface area contributed by atoms with Crippen molar-refractivity contribution in [3.63, 3.8) is 0 Å². The van der Waals surface area contributed by atoms with Gasteiger partial charge in [0, 0.05) is 31.9 Å². The van der Waals surface area contributed by atoms with Crippen molar-refractivity contribution in [3.8, 4) is 5.75 Å². The molecule has 0 aliphatic carbocycles. The van der Waals surface area contributed by atoms with Gasteiger partial charge in [-0.3, -0.25) is 4.79 Å². The van der Waals surface area contributed by atoms with Crippen molar-refractivity contribution in [1.82, 2.24) is 5.32 Å². The topological polar surface area (TPSA) is 73.6 Å². The molecule has 0 spiro atoms. The number of carbonyl (C=O) groups is 1. The lowest BCUT2D eigenvalue weighted by atomic mass is 10.1. The number of carbonyl (C=O) groups excluding carboxylic acids is 1. The van der Waals surface area contributed by atoms with Crippen molar-refractivity contribution >= 4 is 5.91 Å². The third-order valence-electron chi connectivity index (χ3n) is 3.45. The van der Waals surface area contributed by atoms with Crippen LogP contribution in [0, 0.1) is 5.92 Å². The molecule has 0 saturated carbocycles. The predicted octanol–water partition coefficient (Wildman–Crippen LogP) is 1.07. The molecular formula is C15H22N2O3. The van der Waals surface area contributed by atoms with Crippen LogP contribution in [0.2, 0.25) is 0 Å². The van der Waals surface area contributed by atoms with E-state index in [9.17, 15) is 4.79 Å². The molecule has 0 bridgehead atoms. The molecule has 1 aromatic carbocycles. The zero-order chi connectivity index (χ0) is 14.2. The highest BCUT2D eigenvalue weighted by atomic mass is 16.5. The highest BCUT2D eigenvalue weighted by molar-refractivity contribution is 5.77. The first kappa shape index (κ1) is 14.8. The summed E-state index contributed by atoms with van der Waals surface area (Å²) in [7, 11) is 0. The van der Waals surface area contributed by atoms with Crippen molar-refractivity contribution < 1.29 is 14.3 Å². The van der Waals surface area contributed by atoms with Crippen LogP contribution < -0.4 is 15.8 Å². The lowest BCUT2D eigenvalue weighted by Gasteiger charge is -2.11. The second kappa shape index (κ2) is 7.87. The number of hydrogen-bond donors (Lipinski definition) is 2. The van der Waals surface area contributed by atoms with Gasteiger partial charge in [-0.15, -0.1) is 0 Å². The van der Waals surface area contributed by atoms with Crippen LogP contribution in [0.5, 0.6) is 5.75 Å². The lowest BCUT2D eigenvalue weighted by molar-refractivity contribution is -0.123. The van der Waals surface area contributed by atoms with Crippen LogP contribution in [0.25, 0.3) is 0 Å². The Hall–Kier alpha value is -1.59. The van der Waals surface area contributed by atoms with Gasteiger partial charge in [0.1, 0.15) is 5.75 Å². The van der Waals surface area contributed by atoms with Gasteiger partial charge in [0.05, 0.1) is 0 Å². The normalized spacial score (nSPS) is 17.9. The third-order valence-corrected chi connectivity index (χ3v) is 3.45. The summed E-state index contributed by atoms with van der Waals surface area (Å²) in [5, 5.41) is 2.87. The van der Waals surface area contributed by atoms with Gasteiger partial charge in [0.15, 0.2) is 6.61 Å². The fourth-order valence-corrected chi connectivity index (χ4v) is 2.23. The summed E-state index contributed by atoms with van der Waals surface area (Å²) >= 11 is 0. The van der Waals surface area contributed by atoms with Crippen LogP contribution in [0.4, 0.5) is 0 Å². The van der Waals surface area contributed by atoms with Gasteiger partial charge < -0.3 is 20.5 Å². The molecule has 0 radical (unpaired) electrons. The number of nitrogens with two attached hydrogens (primary N) is 1. The van der Waals surface area contributed by atoms with Gasteiger partial charge in [-0.2, -0.15) is 0 Å². The van der Waals surface area contributed by atoms with Gasteiger partial charge in [-0.25, -0.2) is 0 Å². The molecule has 1 heterocycles. The SMILES string of the molecule is NCc1ccccc1OCC(=O)NCCC1CCOC1. The van der Waals surface area contributed by atoms with E-state index in [0.29, 0.717) is 24.8 Å². The van der Waals surface area contributed by atoms with Gasteiger partial charge in [0.25, 0.3) is 5.91 Å². The van der Waals surface area contributed by atoms with E-state index in [2.05, 4.69) is 5.32 Å². The Morgan fingerprint density at radius 3 is 3.05 bits per heavy atom. The molecule has 1 atom stereocenters. The fraction of sp³-hybridized carbons (Fsp3) is 0.533. The molecule has 1 saturated heterocycles. The average Bonchev–Trinajstić information content (AvgIpc) is 2.98. The summed E-state index contributed by atoms with van der Waals surface area (Å²) in [6.45, 7) is 2.76. The molecule has 1 fully saturated rings. The van der Waals surface area contributed by atoms with E-state index < -0.39 is 0 Å². The Labute approximate surface area is 119 Å². The minimum absolute atomic E-state index is 0.0260. The Bertz CT molecular complexity index is 431. The summed E-state index contributed by atoms with van der Waals surface area (Å²) < 4.78 is 10.8. The minimum Gasteiger partial charge on any atom is -0.483 e. The number of rotatable bonds is 7. The summed E-state index contributed by atoms with van der Waals surface area (Å²) in [6, 6.07) is 7.49. The smallest absolute Gasteiger partial charge is 0.257 e. The van der Waals surface area contributed by atoms with Crippen LogP contribution >= 0.6 is 0 Å². The fourth-order valence-electron chi connectivity index (χ4n) is 2.23. The van der Waals surface area contributed by atoms with Crippen LogP contribution in [0.3, 0.4) is 0 Å². The van der Waals surface area contributed by atoms with Crippen LogP contribution in [0.15, 0.2) is 24.3 Å². The monoisotopic (exact) mass is 278 g/mol. The van der Waals surface area contributed by atoms with Gasteiger partial charge in [-0.05, 0) is 24.8 Å². The van der Waals surface area contributed by atoms with E-state index >= 15 is 0 Å². The number of nitrogens with one attached hydrogen (secondary N) is 1. The minimum atomic E-state index is -0.101. The Morgan fingerprint density at radius 2 is 2.30 bits per heavy atom. The van der Waals surface area contributed by atoms with E-state index in [1.165, 1.54) is 0 Å². The second-order valence-corrected chi connectivity index (χ2v) is 4.97. The first-order chi connectivity index (χ1) is 9.79. The molecule has 110 valence electrons. The molecule has 1 aliphatic rings. The zero-order valence-electron chi connectivity index (χ0n) is 11.6. The van der Waals surface area contributed by atoms with Crippen LogP contribution in [-0.2, 0) is 16.1 Å². The number of hydrogen-bond acceptors (Lipinski definition) is 4. The summed E-state index contributed by atoms with van der Waals surface area (Å²) in [4.78, 5) is 11.7. The maximum Gasteiger partial charge on any atom is 0.257 e. The Kier molecular flexibility index (Phi) is 5.83. The van der Waals surface area contributed by atoms with Gasteiger partial charge in [0.2, 0.25) is 0 Å². The molecule has 0 aromatic heterocycles. The number of ether oxygens (including phenoxy) is 2. The molecule has 1 amide bonds. The van der Waals surface area contributed by atoms with Gasteiger partial charge in [-0.1, -0.05) is 18.2 Å². The predicted molar refractivity (Wildman–Crippen MR) is 76.4 cm³/mol. The number of benzene rings is 1. The van der Waals surface area contributed by atoms with E-state index in [4.69, 9.17) is 15.2 Å². The molecule has 2 rings (SSSR count). The van der Waals surface area contributed by atoms with Crippen molar-refractivity contribution in [3.05, 3.63) is 29.8 Å². The van der Waals surface area contributed by atoms with E-state index in [1.54, 1.807) is 0 Å². The van der Waals surface area contributed by atoms with E-state index in [-0.39, 0.29) is 12.5 Å². The molecule has 1 aliphatic heterocycles. The third kappa shape index (κ3) is 4.51. The van der Waals surface area contributed by atoms with Crippen molar-refractivity contribution in [2.24, 2.45) is 11.7 Å².